The number of amides is 1. The summed E-state index contributed by atoms with van der Waals surface area (Å²) in [4.78, 5) is 25.5. The molecule has 128 valence electrons. The normalized spacial score (nSPS) is 12.4. The lowest BCUT2D eigenvalue weighted by Gasteiger charge is -2.30. The second-order valence-corrected chi connectivity index (χ2v) is 6.21. The second kappa shape index (κ2) is 7.85. The number of benzene rings is 1. The molecule has 6 nitrogen and oxygen atoms in total. The lowest BCUT2D eigenvalue weighted by Crippen LogP contribution is -2.37. The number of aromatic hydroxyl groups is 1. The number of phenols is 1. The number of ether oxygens (including phenoxy) is 2. The van der Waals surface area contributed by atoms with Gasteiger partial charge in [0.15, 0.2) is 0 Å². The Kier molecular flexibility index (Phi) is 6.42. The fourth-order valence-corrected chi connectivity index (χ4v) is 2.05. The molecular weight excluding hydrogens is 298 g/mol. The predicted molar refractivity (Wildman–Crippen MR) is 86.1 cm³/mol. The maximum Gasteiger partial charge on any atom is 0.410 e. The van der Waals surface area contributed by atoms with Crippen molar-refractivity contribution in [3.63, 3.8) is 0 Å². The molecule has 0 heterocycles. The van der Waals surface area contributed by atoms with Crippen LogP contribution in [0.15, 0.2) is 24.3 Å². The number of phenolic OH excluding ortho intramolecular Hbond substituents is 1. The van der Waals surface area contributed by atoms with E-state index in [0.717, 1.165) is 0 Å². The minimum atomic E-state index is -0.640. The van der Waals surface area contributed by atoms with E-state index in [2.05, 4.69) is 0 Å². The maximum absolute atomic E-state index is 12.3. The first kappa shape index (κ1) is 18.8. The van der Waals surface area contributed by atoms with Crippen LogP contribution in [0.4, 0.5) is 4.79 Å². The quantitative estimate of drug-likeness (QED) is 0.842. The molecule has 0 aliphatic rings. The van der Waals surface area contributed by atoms with Crippen LogP contribution in [0.2, 0.25) is 0 Å². The van der Waals surface area contributed by atoms with E-state index in [4.69, 9.17) is 9.47 Å². The molecule has 0 radical (unpaired) electrons. The third kappa shape index (κ3) is 6.18. The van der Waals surface area contributed by atoms with Crippen molar-refractivity contribution in [2.24, 2.45) is 0 Å². The highest BCUT2D eigenvalue weighted by Gasteiger charge is 2.28. The highest BCUT2D eigenvalue weighted by Crippen LogP contribution is 2.27. The molecule has 1 unspecified atom stereocenters. The molecule has 0 fully saturated rings. The summed E-state index contributed by atoms with van der Waals surface area (Å²) >= 11 is 0. The van der Waals surface area contributed by atoms with Gasteiger partial charge in [0, 0.05) is 7.05 Å². The van der Waals surface area contributed by atoms with Crippen LogP contribution in [-0.4, -0.2) is 41.3 Å². The Bertz CT molecular complexity index is 550. The van der Waals surface area contributed by atoms with E-state index >= 15 is 0 Å². The number of hydrogen-bond acceptors (Lipinski definition) is 5. The molecule has 1 aromatic carbocycles. The van der Waals surface area contributed by atoms with Crippen molar-refractivity contribution in [1.82, 2.24) is 4.90 Å². The van der Waals surface area contributed by atoms with Gasteiger partial charge in [0.1, 0.15) is 11.4 Å². The Labute approximate surface area is 137 Å². The molecule has 0 aliphatic heterocycles. The summed E-state index contributed by atoms with van der Waals surface area (Å²) in [7, 11) is 1.56. The molecule has 6 heteroatoms. The molecule has 1 atom stereocenters. The molecule has 1 amide bonds. The summed E-state index contributed by atoms with van der Waals surface area (Å²) in [6.07, 6.45) is -0.567. The van der Waals surface area contributed by atoms with E-state index in [9.17, 15) is 14.7 Å². The number of carbonyl (C=O) groups excluding carboxylic acids is 2. The van der Waals surface area contributed by atoms with Crippen molar-refractivity contribution < 1.29 is 24.2 Å². The highest BCUT2D eigenvalue weighted by molar-refractivity contribution is 5.73. The summed E-state index contributed by atoms with van der Waals surface area (Å²) in [5.74, 6) is -0.356. The van der Waals surface area contributed by atoms with Crippen LogP contribution in [0.3, 0.4) is 0 Å². The van der Waals surface area contributed by atoms with Crippen LogP contribution < -0.4 is 0 Å². The van der Waals surface area contributed by atoms with Gasteiger partial charge in [-0.3, -0.25) is 4.79 Å². The SMILES string of the molecule is CCOC(=O)CC(c1cccc(O)c1)N(C)C(=O)OC(C)(C)C. The number of esters is 1. The molecule has 1 rings (SSSR count). The van der Waals surface area contributed by atoms with Gasteiger partial charge < -0.3 is 19.5 Å². The maximum atomic E-state index is 12.3. The Morgan fingerprint density at radius 1 is 1.30 bits per heavy atom. The molecule has 0 saturated carbocycles. The third-order valence-electron chi connectivity index (χ3n) is 3.07. The Hall–Kier alpha value is -2.24. The first-order chi connectivity index (χ1) is 10.6. The van der Waals surface area contributed by atoms with E-state index in [0.29, 0.717) is 5.56 Å². The fourth-order valence-electron chi connectivity index (χ4n) is 2.05. The number of rotatable bonds is 5. The van der Waals surface area contributed by atoms with Crippen molar-refractivity contribution in [1.29, 1.82) is 0 Å². The van der Waals surface area contributed by atoms with E-state index < -0.39 is 23.7 Å². The summed E-state index contributed by atoms with van der Waals surface area (Å²) in [6.45, 7) is 7.30. The zero-order valence-corrected chi connectivity index (χ0v) is 14.3. The van der Waals surface area contributed by atoms with Crippen molar-refractivity contribution >= 4 is 12.1 Å². The monoisotopic (exact) mass is 323 g/mol. The van der Waals surface area contributed by atoms with Gasteiger partial charge in [-0.1, -0.05) is 12.1 Å². The van der Waals surface area contributed by atoms with E-state index in [-0.39, 0.29) is 18.8 Å². The number of carbonyl (C=O) groups is 2. The van der Waals surface area contributed by atoms with Gasteiger partial charge in [0.05, 0.1) is 19.1 Å². The molecule has 1 aromatic rings. The summed E-state index contributed by atoms with van der Waals surface area (Å²) in [5, 5.41) is 9.66. The second-order valence-electron chi connectivity index (χ2n) is 6.21. The van der Waals surface area contributed by atoms with Gasteiger partial charge >= 0.3 is 12.1 Å². The molecule has 0 saturated heterocycles. The van der Waals surface area contributed by atoms with Crippen LogP contribution in [0.25, 0.3) is 0 Å². The molecule has 23 heavy (non-hydrogen) atoms. The zero-order chi connectivity index (χ0) is 17.6. The average Bonchev–Trinajstić information content (AvgIpc) is 2.42. The standard InChI is InChI=1S/C17H25NO5/c1-6-22-15(20)11-14(12-8-7-9-13(19)10-12)18(5)16(21)23-17(2,3)4/h7-10,14,19H,6,11H2,1-5H3. The minimum absolute atomic E-state index is 0.0208. The number of hydrogen-bond donors (Lipinski definition) is 1. The van der Waals surface area contributed by atoms with Crippen molar-refractivity contribution in [2.45, 2.75) is 45.8 Å². The smallest absolute Gasteiger partial charge is 0.410 e. The van der Waals surface area contributed by atoms with Crippen molar-refractivity contribution in [3.05, 3.63) is 29.8 Å². The lowest BCUT2D eigenvalue weighted by molar-refractivity contribution is -0.144. The van der Waals surface area contributed by atoms with Gasteiger partial charge in [-0.2, -0.15) is 0 Å². The Morgan fingerprint density at radius 2 is 1.96 bits per heavy atom. The summed E-state index contributed by atoms with van der Waals surface area (Å²) in [6, 6.07) is 5.86. The van der Waals surface area contributed by atoms with E-state index in [1.165, 1.54) is 17.0 Å². The lowest BCUT2D eigenvalue weighted by atomic mass is 10.0. The van der Waals surface area contributed by atoms with Crippen LogP contribution in [0.5, 0.6) is 5.75 Å². The van der Waals surface area contributed by atoms with Crippen LogP contribution in [0.1, 0.15) is 45.7 Å². The first-order valence-corrected chi connectivity index (χ1v) is 7.54. The van der Waals surface area contributed by atoms with Gasteiger partial charge in [-0.05, 0) is 45.4 Å². The molecular formula is C17H25NO5. The number of nitrogens with zero attached hydrogens (tertiary/aromatic N) is 1. The van der Waals surface area contributed by atoms with E-state index in [1.54, 1.807) is 46.9 Å². The molecule has 0 bridgehead atoms. The first-order valence-electron chi connectivity index (χ1n) is 7.54. The summed E-state index contributed by atoms with van der Waals surface area (Å²) in [5.41, 5.74) is -0.00929. The fraction of sp³-hybridized carbons (Fsp3) is 0.529. The van der Waals surface area contributed by atoms with Crippen molar-refractivity contribution in [3.8, 4) is 5.75 Å². The zero-order valence-electron chi connectivity index (χ0n) is 14.3. The van der Waals surface area contributed by atoms with Gasteiger partial charge in [0.2, 0.25) is 0 Å². The Morgan fingerprint density at radius 3 is 2.48 bits per heavy atom. The largest absolute Gasteiger partial charge is 0.508 e. The Balaban J connectivity index is 3.03. The van der Waals surface area contributed by atoms with Crippen LogP contribution in [0, 0.1) is 0 Å². The molecule has 1 N–H and O–H groups in total. The molecule has 0 aliphatic carbocycles. The minimum Gasteiger partial charge on any atom is -0.508 e. The van der Waals surface area contributed by atoms with Crippen LogP contribution in [-0.2, 0) is 14.3 Å². The molecule has 0 aromatic heterocycles. The van der Waals surface area contributed by atoms with E-state index in [1.807, 2.05) is 0 Å². The molecule has 0 spiro atoms. The summed E-state index contributed by atoms with van der Waals surface area (Å²) < 4.78 is 10.3. The predicted octanol–water partition coefficient (Wildman–Crippen LogP) is 3.25. The third-order valence-corrected chi connectivity index (χ3v) is 3.07. The van der Waals surface area contributed by atoms with Gasteiger partial charge in [-0.15, -0.1) is 0 Å². The van der Waals surface area contributed by atoms with Gasteiger partial charge in [0.25, 0.3) is 0 Å². The van der Waals surface area contributed by atoms with Gasteiger partial charge in [-0.25, -0.2) is 4.79 Å². The van der Waals surface area contributed by atoms with Crippen LogP contribution >= 0.6 is 0 Å². The highest BCUT2D eigenvalue weighted by atomic mass is 16.6. The average molecular weight is 323 g/mol. The van der Waals surface area contributed by atoms with Crippen molar-refractivity contribution in [2.75, 3.05) is 13.7 Å². The topological polar surface area (TPSA) is 76.1 Å².